The molecular weight excluding hydrogens is 592 g/mol. The van der Waals surface area contributed by atoms with Crippen molar-refractivity contribution in [2.45, 2.75) is 67.5 Å². The van der Waals surface area contributed by atoms with Crippen LogP contribution in [0.15, 0.2) is 59.3 Å². The first kappa shape index (κ1) is 32.0. The summed E-state index contributed by atoms with van der Waals surface area (Å²) in [5.74, 6) is -0.482. The van der Waals surface area contributed by atoms with E-state index < -0.39 is 80.7 Å². The summed E-state index contributed by atoms with van der Waals surface area (Å²) in [6.45, 7) is -1.40. The number of aliphatic hydroxyl groups excluding tert-OH is 9. The Kier molecular flexibility index (Phi) is 9.38. The number of aliphatic hydroxyl groups is 11. The highest BCUT2D eigenvalue weighted by Crippen LogP contribution is 2.40. The number of hydrogen-bond acceptors (Lipinski definition) is 15. The lowest BCUT2D eigenvalue weighted by atomic mass is 9.96. The van der Waals surface area contributed by atoms with Crippen molar-refractivity contribution in [3.8, 4) is 11.5 Å². The van der Waals surface area contributed by atoms with Gasteiger partial charge in [0.25, 0.3) is 0 Å². The van der Waals surface area contributed by atoms with E-state index in [2.05, 4.69) is 4.74 Å². The van der Waals surface area contributed by atoms with Gasteiger partial charge in [-0.15, -0.1) is 0 Å². The lowest BCUT2D eigenvalue weighted by Gasteiger charge is -2.41. The Labute approximate surface area is 249 Å². The van der Waals surface area contributed by atoms with Crippen molar-refractivity contribution in [1.29, 1.82) is 0 Å². The fourth-order valence-electron chi connectivity index (χ4n) is 5.15. The highest BCUT2D eigenvalue weighted by Gasteiger charge is 2.48. The van der Waals surface area contributed by atoms with Crippen LogP contribution in [0.4, 0.5) is 0 Å². The van der Waals surface area contributed by atoms with Crippen LogP contribution < -0.4 is 4.74 Å². The van der Waals surface area contributed by atoms with E-state index >= 15 is 0 Å². The molecule has 0 amide bonds. The van der Waals surface area contributed by atoms with Crippen LogP contribution in [0, 0.1) is 0 Å². The van der Waals surface area contributed by atoms with Crippen LogP contribution in [0.2, 0.25) is 0 Å². The lowest BCUT2D eigenvalue weighted by Crippen LogP contribution is -2.59. The van der Waals surface area contributed by atoms with Crippen LogP contribution in [0.1, 0.15) is 5.56 Å². The monoisotopic (exact) mass is 627 g/mol. The predicted octanol–water partition coefficient (Wildman–Crippen LogP) is -3.12. The second-order valence-corrected chi connectivity index (χ2v) is 10.5. The molecule has 0 aromatic heterocycles. The molecule has 1 aromatic carbocycles. The molecule has 3 heterocycles. The molecule has 2 saturated heterocycles. The summed E-state index contributed by atoms with van der Waals surface area (Å²) in [5.41, 5.74) is 0.558. The highest BCUT2D eigenvalue weighted by molar-refractivity contribution is 5.69. The zero-order valence-electron chi connectivity index (χ0n) is 23.2. The molecule has 0 saturated carbocycles. The van der Waals surface area contributed by atoms with E-state index in [9.17, 15) is 51.1 Å². The molecule has 44 heavy (non-hydrogen) atoms. The summed E-state index contributed by atoms with van der Waals surface area (Å²) in [6, 6.07) is 4.26. The van der Waals surface area contributed by atoms with Gasteiger partial charge < -0.3 is 79.5 Å². The molecule has 0 spiro atoms. The number of allylic oxidation sites excluding steroid dienone is 2. The molecule has 4 aliphatic rings. The fourth-order valence-corrected chi connectivity index (χ4v) is 5.15. The van der Waals surface area contributed by atoms with E-state index in [1.54, 1.807) is 0 Å². The van der Waals surface area contributed by atoms with Gasteiger partial charge in [0.2, 0.25) is 24.4 Å². The van der Waals surface area contributed by atoms with Gasteiger partial charge in [0.15, 0.2) is 11.5 Å². The largest absolute Gasteiger partial charge is 0.571 e. The van der Waals surface area contributed by atoms with Crippen molar-refractivity contribution >= 4 is 5.76 Å². The van der Waals surface area contributed by atoms with Crippen molar-refractivity contribution in [2.24, 2.45) is 0 Å². The van der Waals surface area contributed by atoms with Crippen LogP contribution >= 0.6 is 0 Å². The number of fused-ring (bicyclic) bond motifs is 1. The fraction of sp³-hybridized carbons (Fsp3) is 0.500. The summed E-state index contributed by atoms with van der Waals surface area (Å²) in [5, 5.41) is 102. The molecular formula is C28H35O16+. The van der Waals surface area contributed by atoms with Crippen molar-refractivity contribution in [2.75, 3.05) is 20.3 Å². The third-order valence-electron chi connectivity index (χ3n) is 7.64. The van der Waals surface area contributed by atoms with E-state index in [4.69, 9.17) is 23.7 Å². The smallest absolute Gasteiger partial charge is 0.305 e. The highest BCUT2D eigenvalue weighted by atomic mass is 16.7. The third-order valence-corrected chi connectivity index (χ3v) is 7.64. The number of methoxy groups -OCH3 is 1. The molecule has 1 aromatic rings. The minimum absolute atomic E-state index is 0.0840. The van der Waals surface area contributed by atoms with Gasteiger partial charge in [0, 0.05) is 18.2 Å². The first-order chi connectivity index (χ1) is 21.0. The minimum atomic E-state index is -1.78. The zero-order valence-corrected chi connectivity index (χ0v) is 23.2. The van der Waals surface area contributed by atoms with E-state index in [0.717, 1.165) is 0 Å². The Balaban J connectivity index is 1.54. The SMILES string of the molecule is COc1cc(C2=C(OC3OC(CO)C(O)C(O)C3O)C=C3C(OC4OC(CO)C(O)C(O)C4O)=CC(O)=CC3[OH+]2)ccc1O. The van der Waals surface area contributed by atoms with Gasteiger partial charge in [-0.2, -0.15) is 0 Å². The van der Waals surface area contributed by atoms with Crippen LogP contribution in [-0.2, 0) is 18.9 Å². The Bertz CT molecular complexity index is 1330. The van der Waals surface area contributed by atoms with Crippen molar-refractivity contribution in [1.82, 2.24) is 0 Å². The average Bonchev–Trinajstić information content (AvgIpc) is 3.01. The van der Waals surface area contributed by atoms with Gasteiger partial charge in [-0.1, -0.05) is 0 Å². The molecule has 0 radical (unpaired) electrons. The minimum Gasteiger partial charge on any atom is -0.571 e. The van der Waals surface area contributed by atoms with Crippen LogP contribution in [0.25, 0.3) is 5.76 Å². The molecule has 16 nitrogen and oxygen atoms in total. The molecule has 1 aliphatic carbocycles. The third kappa shape index (κ3) is 5.96. The zero-order chi connectivity index (χ0) is 31.9. The maximum absolute atomic E-state index is 10.6. The molecule has 0 bridgehead atoms. The first-order valence-corrected chi connectivity index (χ1v) is 13.6. The number of benzene rings is 1. The quantitative estimate of drug-likeness (QED) is 0.128. The second-order valence-electron chi connectivity index (χ2n) is 10.5. The molecule has 11 N–H and O–H groups in total. The lowest BCUT2D eigenvalue weighted by molar-refractivity contribution is -0.292. The standard InChI is InChI=1S/C28H34O16/c1-39-16-4-10(2-3-13(16)32)26-17(42-28-25(38)23(36)21(34)19(9-30)44-28)7-12-14(40-26)5-11(31)6-15(12)41-27-24(37)22(35)20(33)18(8-29)43-27/h2-7,14,18-25,27-38H,8-9H2,1H3/p+1. The predicted molar refractivity (Wildman–Crippen MR) is 144 cm³/mol. The second kappa shape index (κ2) is 12.9. The van der Waals surface area contributed by atoms with E-state index in [0.29, 0.717) is 5.56 Å². The molecule has 16 heteroatoms. The first-order valence-electron chi connectivity index (χ1n) is 13.6. The normalized spacial score (nSPS) is 37.2. The maximum atomic E-state index is 10.6. The summed E-state index contributed by atoms with van der Waals surface area (Å²) in [4.78, 5) is 0. The van der Waals surface area contributed by atoms with Gasteiger partial charge in [0.1, 0.15) is 60.4 Å². The van der Waals surface area contributed by atoms with Gasteiger partial charge >= 0.3 is 5.76 Å². The van der Waals surface area contributed by atoms with Gasteiger partial charge in [-0.3, -0.25) is 0 Å². The molecule has 242 valence electrons. The molecule has 11 atom stereocenters. The summed E-state index contributed by atoms with van der Waals surface area (Å²) >= 11 is 0. The summed E-state index contributed by atoms with van der Waals surface area (Å²) in [6.07, 6.45) is -13.1. The van der Waals surface area contributed by atoms with Crippen LogP contribution in [-0.4, -0.2) is 144 Å². The topological polar surface area (TPSA) is 261 Å². The molecule has 5 rings (SSSR count). The summed E-state index contributed by atoms with van der Waals surface area (Å²) < 4.78 is 32.6. The Morgan fingerprint density at radius 3 is 1.93 bits per heavy atom. The maximum Gasteiger partial charge on any atom is 0.305 e. The van der Waals surface area contributed by atoms with Crippen LogP contribution in [0.3, 0.4) is 0 Å². The Hall–Kier alpha value is -3.42. The van der Waals surface area contributed by atoms with Crippen molar-refractivity contribution in [3.05, 3.63) is 64.8 Å². The number of hydrogen-bond donors (Lipinski definition) is 10. The average molecular weight is 628 g/mol. The Morgan fingerprint density at radius 1 is 0.773 bits per heavy atom. The molecule has 3 aliphatic heterocycles. The molecule has 2 fully saturated rings. The molecule has 11 unspecified atom stereocenters. The van der Waals surface area contributed by atoms with Gasteiger partial charge in [-0.05, 0) is 12.1 Å². The number of phenolic OH excluding ortho intramolecular Hbond substituents is 1. The van der Waals surface area contributed by atoms with Crippen molar-refractivity contribution in [3.63, 3.8) is 0 Å². The Morgan fingerprint density at radius 2 is 1.36 bits per heavy atom. The van der Waals surface area contributed by atoms with Crippen molar-refractivity contribution < 1.29 is 79.5 Å². The number of aromatic hydroxyl groups is 1. The summed E-state index contributed by atoms with van der Waals surface area (Å²) in [7, 11) is 1.34. The van der Waals surface area contributed by atoms with E-state index in [-0.39, 0.29) is 40.1 Å². The van der Waals surface area contributed by atoms with E-state index in [1.165, 1.54) is 43.5 Å². The van der Waals surface area contributed by atoms with E-state index in [1.807, 2.05) is 0 Å². The number of phenols is 1. The van der Waals surface area contributed by atoms with Gasteiger partial charge in [0.05, 0.1) is 37.5 Å². The number of ether oxygens (including phenoxy) is 6. The number of rotatable bonds is 8. The van der Waals surface area contributed by atoms with Gasteiger partial charge in [-0.25, -0.2) is 0 Å². The van der Waals surface area contributed by atoms with Crippen LogP contribution in [0.5, 0.6) is 11.5 Å².